The molecule has 0 radical (unpaired) electrons. The van der Waals surface area contributed by atoms with E-state index in [-0.39, 0.29) is 25.8 Å². The molecule has 0 saturated heterocycles. The predicted molar refractivity (Wildman–Crippen MR) is 278 cm³/mol. The molecule has 0 aromatic heterocycles. The average molecular weight is 945 g/mol. The standard InChI is InChI=1S/C56H114NO7P/c1-6-8-10-12-14-16-18-20-22-24-26-27-28-29-30-32-34-36-38-40-42-44-46-48-51-61-53-55(54-63-65(59,60)62-52-50-57(3,4)5)64-56(58)49-47-45-43-41-39-37-35-33-31-25-23-21-19-17-15-13-11-9-7-2/h55H,6-54H2,1-5H3. The maximum absolute atomic E-state index is 12.8. The summed E-state index contributed by atoms with van der Waals surface area (Å²) < 4.78 is 34.9. The Balaban J connectivity index is 4.00. The fourth-order valence-corrected chi connectivity index (χ4v) is 9.46. The lowest BCUT2D eigenvalue weighted by Gasteiger charge is -2.28. The summed E-state index contributed by atoms with van der Waals surface area (Å²) in [5.41, 5.74) is 0. The lowest BCUT2D eigenvalue weighted by molar-refractivity contribution is -0.870. The SMILES string of the molecule is CCCCCCCCCCCCCCCCCCCCCCCCCCOCC(COP(=O)([O-])OCC[N+](C)(C)C)OC(=O)CCCCCCCCCCCCCCCCCCCCC. The number of carbonyl (C=O) groups excluding carboxylic acids is 1. The Morgan fingerprint density at radius 3 is 1.02 bits per heavy atom. The van der Waals surface area contributed by atoms with Crippen LogP contribution in [0.5, 0.6) is 0 Å². The van der Waals surface area contributed by atoms with Crippen LogP contribution in [0.2, 0.25) is 0 Å². The smallest absolute Gasteiger partial charge is 0.306 e. The minimum atomic E-state index is -4.53. The summed E-state index contributed by atoms with van der Waals surface area (Å²) in [5.74, 6) is -0.323. The van der Waals surface area contributed by atoms with E-state index < -0.39 is 13.9 Å². The molecule has 0 aliphatic rings. The summed E-state index contributed by atoms with van der Waals surface area (Å²) in [6.07, 6.45) is 57.1. The zero-order chi connectivity index (χ0) is 47.6. The quantitative estimate of drug-likeness (QED) is 0.0259. The molecule has 0 rings (SSSR count). The van der Waals surface area contributed by atoms with Gasteiger partial charge in [0.05, 0.1) is 34.4 Å². The molecule has 0 aliphatic heterocycles. The Labute approximate surface area is 406 Å². The van der Waals surface area contributed by atoms with Gasteiger partial charge in [-0.15, -0.1) is 0 Å². The molecule has 0 saturated carbocycles. The van der Waals surface area contributed by atoms with Crippen molar-refractivity contribution in [3.63, 3.8) is 0 Å². The van der Waals surface area contributed by atoms with Crippen LogP contribution < -0.4 is 4.89 Å². The minimum absolute atomic E-state index is 0.0319. The van der Waals surface area contributed by atoms with Gasteiger partial charge >= 0.3 is 5.97 Å². The molecule has 0 amide bonds. The molecule has 2 atom stereocenters. The van der Waals surface area contributed by atoms with Crippen molar-refractivity contribution in [1.29, 1.82) is 0 Å². The third-order valence-corrected chi connectivity index (χ3v) is 14.1. The third kappa shape index (κ3) is 54.3. The van der Waals surface area contributed by atoms with E-state index in [0.717, 1.165) is 32.1 Å². The highest BCUT2D eigenvalue weighted by Gasteiger charge is 2.20. The van der Waals surface area contributed by atoms with E-state index in [4.69, 9.17) is 18.5 Å². The summed E-state index contributed by atoms with van der Waals surface area (Å²) in [7, 11) is 1.38. The van der Waals surface area contributed by atoms with E-state index in [1.807, 2.05) is 21.1 Å². The third-order valence-electron chi connectivity index (χ3n) is 13.2. The molecule has 8 nitrogen and oxygen atoms in total. The molecular weight excluding hydrogens is 830 g/mol. The van der Waals surface area contributed by atoms with Gasteiger partial charge in [0.25, 0.3) is 7.82 Å². The lowest BCUT2D eigenvalue weighted by Crippen LogP contribution is -2.37. The first-order valence-electron chi connectivity index (χ1n) is 28.8. The van der Waals surface area contributed by atoms with Gasteiger partial charge in [0.2, 0.25) is 0 Å². The van der Waals surface area contributed by atoms with Crippen LogP contribution in [-0.4, -0.2) is 70.7 Å². The van der Waals surface area contributed by atoms with Crippen LogP contribution in [0.15, 0.2) is 0 Å². The summed E-state index contributed by atoms with van der Waals surface area (Å²) in [6.45, 7) is 5.51. The van der Waals surface area contributed by atoms with Crippen LogP contribution in [0, 0.1) is 0 Å². The molecule has 0 N–H and O–H groups in total. The molecule has 2 unspecified atom stereocenters. The number of esters is 1. The summed E-state index contributed by atoms with van der Waals surface area (Å²) in [4.78, 5) is 25.2. The number of rotatable bonds is 55. The number of carbonyl (C=O) groups is 1. The molecule has 0 aromatic carbocycles. The van der Waals surface area contributed by atoms with E-state index in [1.165, 1.54) is 244 Å². The second-order valence-corrected chi connectivity index (χ2v) is 22.4. The Hall–Kier alpha value is -0.500. The van der Waals surface area contributed by atoms with Crippen molar-refractivity contribution in [2.24, 2.45) is 0 Å². The fraction of sp³-hybridized carbons (Fsp3) is 0.982. The average Bonchev–Trinajstić information content (AvgIpc) is 3.27. The topological polar surface area (TPSA) is 94.1 Å². The van der Waals surface area contributed by atoms with Crippen molar-refractivity contribution >= 4 is 13.8 Å². The molecule has 0 spiro atoms. The molecule has 9 heteroatoms. The number of ether oxygens (including phenoxy) is 2. The summed E-state index contributed by atoms with van der Waals surface area (Å²) >= 11 is 0. The molecule has 0 bridgehead atoms. The van der Waals surface area contributed by atoms with Gasteiger partial charge in [0.15, 0.2) is 0 Å². The van der Waals surface area contributed by atoms with Gasteiger partial charge in [-0.2, -0.15) is 0 Å². The first kappa shape index (κ1) is 64.5. The summed E-state index contributed by atoms with van der Waals surface area (Å²) in [5, 5.41) is 0. The number of phosphoric acid groups is 1. The Kier molecular flexibility index (Phi) is 49.5. The predicted octanol–water partition coefficient (Wildman–Crippen LogP) is 17.3. The molecule has 390 valence electrons. The van der Waals surface area contributed by atoms with Gasteiger partial charge in [-0.05, 0) is 12.8 Å². The maximum atomic E-state index is 12.8. The number of unbranched alkanes of at least 4 members (excludes halogenated alkanes) is 41. The van der Waals surface area contributed by atoms with Crippen LogP contribution in [0.3, 0.4) is 0 Å². The van der Waals surface area contributed by atoms with Crippen molar-refractivity contribution in [2.45, 2.75) is 302 Å². The highest BCUT2D eigenvalue weighted by molar-refractivity contribution is 7.45. The van der Waals surface area contributed by atoms with Gasteiger partial charge in [-0.25, -0.2) is 0 Å². The number of hydrogen-bond acceptors (Lipinski definition) is 7. The molecule has 0 aliphatic carbocycles. The van der Waals surface area contributed by atoms with E-state index >= 15 is 0 Å². The zero-order valence-corrected chi connectivity index (χ0v) is 45.4. The van der Waals surface area contributed by atoms with Crippen molar-refractivity contribution in [1.82, 2.24) is 0 Å². The Bertz CT molecular complexity index is 1010. The molecule has 0 fully saturated rings. The van der Waals surface area contributed by atoms with Crippen molar-refractivity contribution < 1.29 is 37.3 Å². The second-order valence-electron chi connectivity index (χ2n) is 21.0. The van der Waals surface area contributed by atoms with Crippen molar-refractivity contribution in [3.05, 3.63) is 0 Å². The van der Waals surface area contributed by atoms with Gasteiger partial charge in [0.1, 0.15) is 19.3 Å². The highest BCUT2D eigenvalue weighted by Crippen LogP contribution is 2.38. The van der Waals surface area contributed by atoms with Gasteiger partial charge in [-0.1, -0.05) is 277 Å². The van der Waals surface area contributed by atoms with Crippen LogP contribution in [-0.2, 0) is 27.9 Å². The second kappa shape index (κ2) is 49.9. The lowest BCUT2D eigenvalue weighted by atomic mass is 10.0. The van der Waals surface area contributed by atoms with Gasteiger partial charge in [-0.3, -0.25) is 9.36 Å². The van der Waals surface area contributed by atoms with E-state index in [9.17, 15) is 14.3 Å². The van der Waals surface area contributed by atoms with Crippen LogP contribution in [0.1, 0.15) is 296 Å². The summed E-state index contributed by atoms with van der Waals surface area (Å²) in [6, 6.07) is 0. The first-order chi connectivity index (χ1) is 31.6. The van der Waals surface area contributed by atoms with E-state index in [1.54, 1.807) is 0 Å². The number of phosphoric ester groups is 1. The highest BCUT2D eigenvalue weighted by atomic mass is 31.2. The van der Waals surface area contributed by atoms with Crippen molar-refractivity contribution in [2.75, 3.05) is 54.1 Å². The Morgan fingerprint density at radius 1 is 0.415 bits per heavy atom. The van der Waals surface area contributed by atoms with E-state index in [2.05, 4.69) is 13.8 Å². The first-order valence-corrected chi connectivity index (χ1v) is 30.2. The molecular formula is C56H114NO7P. The van der Waals surface area contributed by atoms with E-state index in [0.29, 0.717) is 24.1 Å². The largest absolute Gasteiger partial charge is 0.756 e. The van der Waals surface area contributed by atoms with Crippen molar-refractivity contribution in [3.8, 4) is 0 Å². The maximum Gasteiger partial charge on any atom is 0.306 e. The monoisotopic (exact) mass is 944 g/mol. The number of hydrogen-bond donors (Lipinski definition) is 0. The normalized spacial score (nSPS) is 13.4. The zero-order valence-electron chi connectivity index (χ0n) is 44.5. The van der Waals surface area contributed by atoms with Crippen LogP contribution in [0.25, 0.3) is 0 Å². The van der Waals surface area contributed by atoms with Gasteiger partial charge < -0.3 is 27.9 Å². The number of likely N-dealkylation sites (N-methyl/N-ethyl adjacent to an activating group) is 1. The number of quaternary nitrogens is 1. The van der Waals surface area contributed by atoms with Crippen LogP contribution in [0.4, 0.5) is 0 Å². The Morgan fingerprint density at radius 2 is 0.708 bits per heavy atom. The fourth-order valence-electron chi connectivity index (χ4n) is 8.73. The van der Waals surface area contributed by atoms with Gasteiger partial charge in [0, 0.05) is 13.0 Å². The minimum Gasteiger partial charge on any atom is -0.756 e. The molecule has 0 aromatic rings. The van der Waals surface area contributed by atoms with Crippen LogP contribution >= 0.6 is 7.82 Å². The molecule has 65 heavy (non-hydrogen) atoms. The number of nitrogens with zero attached hydrogens (tertiary/aromatic N) is 1. The molecule has 0 heterocycles.